The van der Waals surface area contributed by atoms with Gasteiger partial charge in [0.05, 0.1) is 5.60 Å². The van der Waals surface area contributed by atoms with Crippen LogP contribution in [0, 0.1) is 11.3 Å². The fraction of sp³-hybridized carbons (Fsp3) is 1.00. The van der Waals surface area contributed by atoms with Crippen molar-refractivity contribution in [3.8, 4) is 0 Å². The average molecular weight is 254 g/mol. The van der Waals surface area contributed by atoms with Gasteiger partial charge in [0.1, 0.15) is 0 Å². The Kier molecular flexibility index (Phi) is 4.68. The molecule has 106 valence electrons. The van der Waals surface area contributed by atoms with E-state index in [1.165, 1.54) is 19.3 Å². The van der Waals surface area contributed by atoms with Crippen LogP contribution in [0.25, 0.3) is 0 Å². The molecule has 1 aliphatic heterocycles. The molecule has 0 aromatic heterocycles. The van der Waals surface area contributed by atoms with Gasteiger partial charge in [-0.25, -0.2) is 0 Å². The van der Waals surface area contributed by atoms with E-state index >= 15 is 0 Å². The molecule has 2 aliphatic rings. The minimum absolute atomic E-state index is 0.0159. The molecule has 3 heteroatoms. The molecule has 2 fully saturated rings. The van der Waals surface area contributed by atoms with Crippen molar-refractivity contribution < 1.29 is 5.11 Å². The van der Waals surface area contributed by atoms with Gasteiger partial charge in [-0.1, -0.05) is 26.2 Å². The Morgan fingerprint density at radius 2 is 2.06 bits per heavy atom. The van der Waals surface area contributed by atoms with E-state index in [0.29, 0.717) is 6.54 Å². The third-order valence-corrected chi connectivity index (χ3v) is 5.56. The molecule has 4 N–H and O–H groups in total. The maximum Gasteiger partial charge on any atom is 0.0728 e. The molecule has 1 aliphatic carbocycles. The van der Waals surface area contributed by atoms with E-state index in [4.69, 9.17) is 5.73 Å². The fourth-order valence-corrected chi connectivity index (χ4v) is 4.21. The summed E-state index contributed by atoms with van der Waals surface area (Å²) in [6, 6.07) is 0. The van der Waals surface area contributed by atoms with E-state index in [1.54, 1.807) is 0 Å². The highest BCUT2D eigenvalue weighted by Gasteiger charge is 2.50. The van der Waals surface area contributed by atoms with E-state index < -0.39 is 5.60 Å². The molecule has 3 unspecified atom stereocenters. The SMILES string of the molecule is CCC1CCCC(CN)(C2(O)CCCNCC2)C1. The van der Waals surface area contributed by atoms with Crippen molar-refractivity contribution in [1.29, 1.82) is 0 Å². The Labute approximate surface area is 112 Å². The molecule has 1 saturated heterocycles. The van der Waals surface area contributed by atoms with E-state index in [9.17, 15) is 5.11 Å². The predicted octanol–water partition coefficient (Wildman–Crippen LogP) is 2.04. The molecule has 1 heterocycles. The Morgan fingerprint density at radius 1 is 1.22 bits per heavy atom. The zero-order valence-electron chi connectivity index (χ0n) is 11.9. The van der Waals surface area contributed by atoms with Gasteiger partial charge in [-0.2, -0.15) is 0 Å². The van der Waals surface area contributed by atoms with Crippen LogP contribution < -0.4 is 11.1 Å². The van der Waals surface area contributed by atoms with Crippen LogP contribution in [-0.4, -0.2) is 30.3 Å². The van der Waals surface area contributed by atoms with E-state index in [2.05, 4.69) is 12.2 Å². The minimum Gasteiger partial charge on any atom is -0.389 e. The summed E-state index contributed by atoms with van der Waals surface area (Å²) in [7, 11) is 0. The molecule has 1 saturated carbocycles. The molecule has 0 aromatic carbocycles. The van der Waals surface area contributed by atoms with Gasteiger partial charge in [-0.05, 0) is 51.1 Å². The van der Waals surface area contributed by atoms with Crippen molar-refractivity contribution in [3.05, 3.63) is 0 Å². The number of hydrogen-bond donors (Lipinski definition) is 3. The van der Waals surface area contributed by atoms with Crippen molar-refractivity contribution in [3.63, 3.8) is 0 Å². The first-order valence-electron chi connectivity index (χ1n) is 7.79. The van der Waals surface area contributed by atoms with Crippen LogP contribution in [0.15, 0.2) is 0 Å². The van der Waals surface area contributed by atoms with E-state index in [1.807, 2.05) is 0 Å². The number of nitrogens with two attached hydrogens (primary N) is 1. The average Bonchev–Trinajstić information content (AvgIpc) is 2.64. The molecule has 18 heavy (non-hydrogen) atoms. The fourth-order valence-electron chi connectivity index (χ4n) is 4.21. The maximum absolute atomic E-state index is 11.2. The standard InChI is InChI=1S/C15H30N2O/c1-2-13-5-3-6-14(11-13,12-16)15(18)7-4-9-17-10-8-15/h13,17-18H,2-12,16H2,1H3. The van der Waals surface area contributed by atoms with E-state index in [0.717, 1.165) is 51.1 Å². The molecule has 3 nitrogen and oxygen atoms in total. The highest BCUT2D eigenvalue weighted by Crippen LogP contribution is 2.50. The van der Waals surface area contributed by atoms with Gasteiger partial charge in [0.2, 0.25) is 0 Å². The van der Waals surface area contributed by atoms with Gasteiger partial charge in [0, 0.05) is 12.0 Å². The largest absolute Gasteiger partial charge is 0.389 e. The Bertz CT molecular complexity index is 261. The lowest BCUT2D eigenvalue weighted by atomic mass is 9.58. The monoisotopic (exact) mass is 254 g/mol. The third-order valence-electron chi connectivity index (χ3n) is 5.56. The quantitative estimate of drug-likeness (QED) is 0.722. The van der Waals surface area contributed by atoms with Crippen molar-refractivity contribution in [2.45, 2.75) is 63.9 Å². The van der Waals surface area contributed by atoms with Crippen LogP contribution in [0.1, 0.15) is 58.3 Å². The lowest BCUT2D eigenvalue weighted by molar-refractivity contribution is -0.116. The lowest BCUT2D eigenvalue weighted by Gasteiger charge is -2.51. The maximum atomic E-state index is 11.2. The van der Waals surface area contributed by atoms with Gasteiger partial charge in [0.25, 0.3) is 0 Å². The second-order valence-electron chi connectivity index (χ2n) is 6.49. The van der Waals surface area contributed by atoms with Crippen LogP contribution in [0.2, 0.25) is 0 Å². The first-order chi connectivity index (χ1) is 8.66. The van der Waals surface area contributed by atoms with Gasteiger partial charge in [-0.3, -0.25) is 0 Å². The summed E-state index contributed by atoms with van der Waals surface area (Å²) in [5, 5.41) is 14.6. The molecule has 3 atom stereocenters. The highest BCUT2D eigenvalue weighted by molar-refractivity contribution is 5.03. The molecule has 0 radical (unpaired) electrons. The Morgan fingerprint density at radius 3 is 2.78 bits per heavy atom. The number of aliphatic hydroxyl groups is 1. The van der Waals surface area contributed by atoms with Gasteiger partial charge < -0.3 is 16.2 Å². The molecule has 2 rings (SSSR count). The molecule has 0 spiro atoms. The number of rotatable bonds is 3. The second-order valence-corrected chi connectivity index (χ2v) is 6.49. The Hall–Kier alpha value is -0.120. The smallest absolute Gasteiger partial charge is 0.0728 e. The summed E-state index contributed by atoms with van der Waals surface area (Å²) in [5.74, 6) is 0.766. The van der Waals surface area contributed by atoms with Gasteiger partial charge in [-0.15, -0.1) is 0 Å². The number of hydrogen-bond acceptors (Lipinski definition) is 3. The van der Waals surface area contributed by atoms with Crippen molar-refractivity contribution >= 4 is 0 Å². The molecular weight excluding hydrogens is 224 g/mol. The number of nitrogens with one attached hydrogen (secondary N) is 1. The summed E-state index contributed by atoms with van der Waals surface area (Å²) in [5.41, 5.74) is 5.60. The first-order valence-corrected chi connectivity index (χ1v) is 7.79. The molecule has 0 bridgehead atoms. The first kappa shape index (κ1) is 14.3. The highest BCUT2D eigenvalue weighted by atomic mass is 16.3. The van der Waals surface area contributed by atoms with Crippen molar-refractivity contribution in [1.82, 2.24) is 5.32 Å². The third kappa shape index (κ3) is 2.59. The zero-order chi connectivity index (χ0) is 13.1. The summed E-state index contributed by atoms with van der Waals surface area (Å²) < 4.78 is 0. The molecular formula is C15H30N2O. The summed E-state index contributed by atoms with van der Waals surface area (Å²) >= 11 is 0. The van der Waals surface area contributed by atoms with Crippen LogP contribution in [-0.2, 0) is 0 Å². The van der Waals surface area contributed by atoms with Crippen LogP contribution in [0.4, 0.5) is 0 Å². The topological polar surface area (TPSA) is 58.3 Å². The van der Waals surface area contributed by atoms with Crippen LogP contribution >= 0.6 is 0 Å². The summed E-state index contributed by atoms with van der Waals surface area (Å²) in [6.07, 6.45) is 8.93. The van der Waals surface area contributed by atoms with Crippen LogP contribution in [0.5, 0.6) is 0 Å². The van der Waals surface area contributed by atoms with Crippen molar-refractivity contribution in [2.75, 3.05) is 19.6 Å². The lowest BCUT2D eigenvalue weighted by Crippen LogP contribution is -2.55. The van der Waals surface area contributed by atoms with Crippen molar-refractivity contribution in [2.24, 2.45) is 17.1 Å². The zero-order valence-corrected chi connectivity index (χ0v) is 11.9. The molecule has 0 aromatic rings. The van der Waals surface area contributed by atoms with Crippen LogP contribution in [0.3, 0.4) is 0 Å². The van der Waals surface area contributed by atoms with Gasteiger partial charge in [0.15, 0.2) is 0 Å². The normalized spacial score (nSPS) is 42.5. The molecule has 0 amide bonds. The Balaban J connectivity index is 2.18. The predicted molar refractivity (Wildman–Crippen MR) is 75.4 cm³/mol. The minimum atomic E-state index is -0.529. The summed E-state index contributed by atoms with van der Waals surface area (Å²) in [4.78, 5) is 0. The summed E-state index contributed by atoms with van der Waals surface area (Å²) in [6.45, 7) is 4.91. The van der Waals surface area contributed by atoms with Gasteiger partial charge >= 0.3 is 0 Å². The second kappa shape index (κ2) is 5.89. The van der Waals surface area contributed by atoms with E-state index in [-0.39, 0.29) is 5.41 Å².